The van der Waals surface area contributed by atoms with Crippen LogP contribution in [0.3, 0.4) is 0 Å². The van der Waals surface area contributed by atoms with Crippen molar-refractivity contribution in [1.82, 2.24) is 9.88 Å². The minimum absolute atomic E-state index is 0.112. The molecule has 1 amide bonds. The molecule has 0 saturated carbocycles. The molecule has 1 aliphatic rings. The molecule has 26 heavy (non-hydrogen) atoms. The summed E-state index contributed by atoms with van der Waals surface area (Å²) in [7, 11) is 0. The summed E-state index contributed by atoms with van der Waals surface area (Å²) >= 11 is 1.70. The first-order valence-electron chi connectivity index (χ1n) is 8.71. The molecule has 2 heterocycles. The number of aromatic nitrogens is 1. The number of piperidine rings is 1. The van der Waals surface area contributed by atoms with E-state index >= 15 is 0 Å². The van der Waals surface area contributed by atoms with Crippen LogP contribution in [-0.4, -0.2) is 35.5 Å². The van der Waals surface area contributed by atoms with Crippen LogP contribution >= 0.6 is 11.3 Å². The number of ether oxygens (including phenoxy) is 1. The third-order valence-corrected chi connectivity index (χ3v) is 5.82. The van der Waals surface area contributed by atoms with Crippen molar-refractivity contribution in [1.29, 1.82) is 0 Å². The van der Waals surface area contributed by atoms with Crippen LogP contribution in [0.15, 0.2) is 48.5 Å². The number of carbonyl (C=O) groups excluding carboxylic acids is 1. The van der Waals surface area contributed by atoms with Crippen molar-refractivity contribution >= 4 is 27.5 Å². The number of nitrogens with zero attached hydrogens (tertiary/aromatic N) is 2. The Morgan fingerprint density at radius 1 is 1.23 bits per heavy atom. The molecule has 0 radical (unpaired) electrons. The van der Waals surface area contributed by atoms with Crippen molar-refractivity contribution in [3.63, 3.8) is 0 Å². The maximum atomic E-state index is 13.6. The van der Waals surface area contributed by atoms with Crippen molar-refractivity contribution in [3.8, 4) is 5.75 Å². The third kappa shape index (κ3) is 3.55. The van der Waals surface area contributed by atoms with Gasteiger partial charge in [0, 0.05) is 19.0 Å². The molecular weight excluding hydrogens is 351 g/mol. The Balaban J connectivity index is 1.41. The van der Waals surface area contributed by atoms with Crippen molar-refractivity contribution in [3.05, 3.63) is 59.4 Å². The van der Waals surface area contributed by atoms with Crippen LogP contribution in [0, 0.1) is 5.82 Å². The molecule has 4 rings (SSSR count). The van der Waals surface area contributed by atoms with Crippen molar-refractivity contribution in [2.75, 3.05) is 19.7 Å². The van der Waals surface area contributed by atoms with Gasteiger partial charge in [-0.25, -0.2) is 9.37 Å². The van der Waals surface area contributed by atoms with Gasteiger partial charge in [0.2, 0.25) is 0 Å². The standard InChI is InChI=1S/C20H19FN2O2S/c21-15-7-1-3-9-17(15)25-13-19(24)23-11-5-6-14(12-23)20-22-16-8-2-4-10-18(16)26-20/h1-4,7-10,14H,5-6,11-13H2/t14-/m1/s1. The molecule has 0 N–H and O–H groups in total. The van der Waals surface area contributed by atoms with Crippen LogP contribution in [0.5, 0.6) is 5.75 Å². The van der Waals surface area contributed by atoms with E-state index in [0.29, 0.717) is 13.1 Å². The summed E-state index contributed by atoms with van der Waals surface area (Å²) in [6.45, 7) is 1.20. The van der Waals surface area contributed by atoms with Gasteiger partial charge >= 0.3 is 0 Å². The molecule has 1 aliphatic heterocycles. The maximum absolute atomic E-state index is 13.6. The second kappa shape index (κ2) is 7.41. The number of amides is 1. The van der Waals surface area contributed by atoms with E-state index in [1.54, 1.807) is 28.4 Å². The SMILES string of the molecule is O=C(COc1ccccc1F)N1CCC[C@@H](c2nc3ccccc3s2)C1. The maximum Gasteiger partial charge on any atom is 0.260 e. The number of halogens is 1. The van der Waals surface area contributed by atoms with Gasteiger partial charge in [-0.1, -0.05) is 24.3 Å². The van der Waals surface area contributed by atoms with Crippen molar-refractivity contribution in [2.45, 2.75) is 18.8 Å². The Labute approximate surface area is 155 Å². The molecule has 0 aliphatic carbocycles. The minimum Gasteiger partial charge on any atom is -0.481 e. The highest BCUT2D eigenvalue weighted by Gasteiger charge is 2.27. The molecule has 1 fully saturated rings. The van der Waals surface area contributed by atoms with Gasteiger partial charge in [0.25, 0.3) is 5.91 Å². The van der Waals surface area contributed by atoms with Crippen LogP contribution in [0.25, 0.3) is 10.2 Å². The second-order valence-electron chi connectivity index (χ2n) is 6.42. The van der Waals surface area contributed by atoms with E-state index in [0.717, 1.165) is 23.4 Å². The number of carbonyl (C=O) groups is 1. The summed E-state index contributed by atoms with van der Waals surface area (Å²) in [5.41, 5.74) is 1.01. The van der Waals surface area contributed by atoms with Gasteiger partial charge in [-0.15, -0.1) is 11.3 Å². The lowest BCUT2D eigenvalue weighted by Crippen LogP contribution is -2.41. The van der Waals surface area contributed by atoms with Gasteiger partial charge in [-0.05, 0) is 37.1 Å². The first-order chi connectivity index (χ1) is 12.7. The normalized spacial score (nSPS) is 17.4. The predicted molar refractivity (Wildman–Crippen MR) is 100 cm³/mol. The number of benzene rings is 2. The molecule has 134 valence electrons. The molecule has 0 spiro atoms. The molecule has 3 aromatic rings. The highest BCUT2D eigenvalue weighted by molar-refractivity contribution is 7.18. The monoisotopic (exact) mass is 370 g/mol. The van der Waals surface area contributed by atoms with E-state index < -0.39 is 5.82 Å². The lowest BCUT2D eigenvalue weighted by Gasteiger charge is -2.31. The molecule has 1 atom stereocenters. The summed E-state index contributed by atoms with van der Waals surface area (Å²) in [5, 5.41) is 1.08. The number of thiazole rings is 1. The lowest BCUT2D eigenvalue weighted by molar-refractivity contribution is -0.134. The molecule has 6 heteroatoms. The van der Waals surface area contributed by atoms with E-state index in [-0.39, 0.29) is 24.2 Å². The molecule has 2 aromatic carbocycles. The smallest absolute Gasteiger partial charge is 0.260 e. The fourth-order valence-corrected chi connectivity index (χ4v) is 4.36. The first kappa shape index (κ1) is 17.0. The van der Waals surface area contributed by atoms with E-state index in [4.69, 9.17) is 9.72 Å². The zero-order chi connectivity index (χ0) is 17.9. The van der Waals surface area contributed by atoms with Crippen molar-refractivity contribution in [2.24, 2.45) is 0 Å². The average molecular weight is 370 g/mol. The highest BCUT2D eigenvalue weighted by Crippen LogP contribution is 2.33. The molecule has 0 bridgehead atoms. The highest BCUT2D eigenvalue weighted by atomic mass is 32.1. The van der Waals surface area contributed by atoms with Gasteiger partial charge in [-0.3, -0.25) is 4.79 Å². The first-order valence-corrected chi connectivity index (χ1v) is 9.53. The van der Waals surface area contributed by atoms with Crippen LogP contribution in [-0.2, 0) is 4.79 Å². The van der Waals surface area contributed by atoms with Crippen LogP contribution < -0.4 is 4.74 Å². The number of likely N-dealkylation sites (tertiary alicyclic amines) is 1. The van der Waals surface area contributed by atoms with E-state index in [1.165, 1.54) is 16.8 Å². The molecule has 0 unspecified atom stereocenters. The van der Waals surface area contributed by atoms with Gasteiger partial charge < -0.3 is 9.64 Å². The van der Waals surface area contributed by atoms with Gasteiger partial charge in [-0.2, -0.15) is 0 Å². The molecule has 1 aromatic heterocycles. The summed E-state index contributed by atoms with van der Waals surface area (Å²) in [6, 6.07) is 14.2. The Morgan fingerprint density at radius 3 is 2.88 bits per heavy atom. The fraction of sp³-hybridized carbons (Fsp3) is 0.300. The Kier molecular flexibility index (Phi) is 4.84. The number of fused-ring (bicyclic) bond motifs is 1. The molecular formula is C20H19FN2O2S. The Bertz CT molecular complexity index is 894. The topological polar surface area (TPSA) is 42.4 Å². The summed E-state index contributed by atoms with van der Waals surface area (Å²) in [5.74, 6) is -0.204. The van der Waals surface area contributed by atoms with E-state index in [1.807, 2.05) is 18.2 Å². The van der Waals surface area contributed by atoms with Gasteiger partial charge in [0.15, 0.2) is 18.2 Å². The number of hydrogen-bond donors (Lipinski definition) is 0. The summed E-state index contributed by atoms with van der Waals surface area (Å²) < 4.78 is 20.1. The zero-order valence-corrected chi connectivity index (χ0v) is 15.0. The van der Waals surface area contributed by atoms with Gasteiger partial charge in [0.05, 0.1) is 15.2 Å². The average Bonchev–Trinajstić information content (AvgIpc) is 3.11. The quantitative estimate of drug-likeness (QED) is 0.691. The predicted octanol–water partition coefficient (Wildman–Crippen LogP) is 4.22. The van der Waals surface area contributed by atoms with Gasteiger partial charge in [0.1, 0.15) is 0 Å². The molecule has 4 nitrogen and oxygen atoms in total. The third-order valence-electron chi connectivity index (χ3n) is 4.62. The minimum atomic E-state index is -0.453. The number of hydrogen-bond acceptors (Lipinski definition) is 4. The summed E-state index contributed by atoms with van der Waals surface area (Å²) in [6.07, 6.45) is 1.96. The van der Waals surface area contributed by atoms with Crippen LogP contribution in [0.4, 0.5) is 4.39 Å². The van der Waals surface area contributed by atoms with Crippen molar-refractivity contribution < 1.29 is 13.9 Å². The molecule has 1 saturated heterocycles. The Morgan fingerprint density at radius 2 is 2.04 bits per heavy atom. The number of para-hydroxylation sites is 2. The lowest BCUT2D eigenvalue weighted by atomic mass is 9.99. The van der Waals surface area contributed by atoms with Crippen LogP contribution in [0.2, 0.25) is 0 Å². The van der Waals surface area contributed by atoms with E-state index in [2.05, 4.69) is 6.07 Å². The fourth-order valence-electron chi connectivity index (χ4n) is 3.26. The second-order valence-corrected chi connectivity index (χ2v) is 7.48. The van der Waals surface area contributed by atoms with E-state index in [9.17, 15) is 9.18 Å². The number of rotatable bonds is 4. The van der Waals surface area contributed by atoms with Crippen LogP contribution in [0.1, 0.15) is 23.8 Å². The summed E-state index contributed by atoms with van der Waals surface area (Å²) in [4.78, 5) is 19.0. The zero-order valence-electron chi connectivity index (χ0n) is 14.2. The Hall–Kier alpha value is -2.47. The largest absolute Gasteiger partial charge is 0.481 e.